The van der Waals surface area contributed by atoms with Crippen LogP contribution in [0.2, 0.25) is 0 Å². The van der Waals surface area contributed by atoms with Crippen LogP contribution in [0.5, 0.6) is 0 Å². The number of aliphatic carboxylic acids is 2. The smallest absolute Gasteiger partial charge is 0.326 e. The van der Waals surface area contributed by atoms with Gasteiger partial charge in [0.15, 0.2) is 0 Å². The maximum absolute atomic E-state index is 12.6. The molecular weight excluding hydrogens is 416 g/mol. The Morgan fingerprint density at radius 1 is 1.17 bits per heavy atom. The van der Waals surface area contributed by atoms with E-state index in [-0.39, 0.29) is 12.3 Å². The molecule has 1 aliphatic heterocycles. The standard InChI is InChI=1S/C18H30N4O7S/c1-10(15(25)21-12(18(28)29)5-6-14(23)24)20-16(26)13-4-3-8-22(13)17(27)11(19)7-9-30-2/h10-13H,3-9,19H2,1-2H3,(H,20,26)(H,21,25)(H,23,24)(H,28,29). The van der Waals surface area contributed by atoms with Gasteiger partial charge in [-0.2, -0.15) is 11.8 Å². The number of amides is 3. The van der Waals surface area contributed by atoms with Gasteiger partial charge >= 0.3 is 11.9 Å². The van der Waals surface area contributed by atoms with Gasteiger partial charge in [0.05, 0.1) is 6.04 Å². The lowest BCUT2D eigenvalue weighted by Crippen LogP contribution is -2.55. The highest BCUT2D eigenvalue weighted by molar-refractivity contribution is 7.98. The number of rotatable bonds is 12. The van der Waals surface area contributed by atoms with Crippen LogP contribution >= 0.6 is 11.8 Å². The van der Waals surface area contributed by atoms with Crippen molar-refractivity contribution in [1.29, 1.82) is 0 Å². The van der Waals surface area contributed by atoms with E-state index in [1.807, 2.05) is 6.26 Å². The fourth-order valence-corrected chi connectivity index (χ4v) is 3.57. The number of carbonyl (C=O) groups is 5. The molecule has 4 unspecified atom stereocenters. The van der Waals surface area contributed by atoms with E-state index < -0.39 is 54.3 Å². The van der Waals surface area contributed by atoms with E-state index >= 15 is 0 Å². The summed E-state index contributed by atoms with van der Waals surface area (Å²) in [4.78, 5) is 60.7. The lowest BCUT2D eigenvalue weighted by atomic mass is 10.1. The summed E-state index contributed by atoms with van der Waals surface area (Å²) in [5.74, 6) is -3.40. The summed E-state index contributed by atoms with van der Waals surface area (Å²) in [7, 11) is 0. The zero-order chi connectivity index (χ0) is 22.8. The zero-order valence-electron chi connectivity index (χ0n) is 17.1. The second kappa shape index (κ2) is 12.4. The molecule has 3 amide bonds. The van der Waals surface area contributed by atoms with E-state index in [0.29, 0.717) is 25.8 Å². The maximum atomic E-state index is 12.6. The number of nitrogens with two attached hydrogens (primary N) is 1. The van der Waals surface area contributed by atoms with Gasteiger partial charge in [-0.15, -0.1) is 0 Å². The van der Waals surface area contributed by atoms with E-state index in [1.165, 1.54) is 11.8 Å². The minimum atomic E-state index is -1.38. The molecule has 0 aromatic carbocycles. The molecule has 4 atom stereocenters. The largest absolute Gasteiger partial charge is 0.481 e. The number of carbonyl (C=O) groups excluding carboxylic acids is 3. The Morgan fingerprint density at radius 3 is 2.40 bits per heavy atom. The number of thioether (sulfide) groups is 1. The summed E-state index contributed by atoms with van der Waals surface area (Å²) >= 11 is 1.57. The van der Waals surface area contributed by atoms with Gasteiger partial charge in [0.25, 0.3) is 0 Å². The highest BCUT2D eigenvalue weighted by Crippen LogP contribution is 2.19. The molecule has 1 fully saturated rings. The lowest BCUT2D eigenvalue weighted by Gasteiger charge is -2.27. The highest BCUT2D eigenvalue weighted by Gasteiger charge is 2.37. The number of likely N-dealkylation sites (tertiary alicyclic amines) is 1. The Hall–Kier alpha value is -2.34. The first kappa shape index (κ1) is 25.7. The summed E-state index contributed by atoms with van der Waals surface area (Å²) in [5.41, 5.74) is 5.93. The second-order valence-electron chi connectivity index (χ2n) is 7.14. The van der Waals surface area contributed by atoms with Gasteiger partial charge in [0.1, 0.15) is 18.1 Å². The molecule has 12 heteroatoms. The number of nitrogens with one attached hydrogen (secondary N) is 2. The molecule has 0 bridgehead atoms. The van der Waals surface area contributed by atoms with E-state index in [2.05, 4.69) is 10.6 Å². The maximum Gasteiger partial charge on any atom is 0.326 e. The Bertz CT molecular complexity index is 660. The molecule has 1 heterocycles. The van der Waals surface area contributed by atoms with Gasteiger partial charge in [0, 0.05) is 13.0 Å². The predicted molar refractivity (Wildman–Crippen MR) is 110 cm³/mol. The van der Waals surface area contributed by atoms with Crippen LogP contribution in [0.3, 0.4) is 0 Å². The number of carboxylic acids is 2. The number of carboxylic acid groups (broad SMARTS) is 2. The zero-order valence-corrected chi connectivity index (χ0v) is 17.9. The first-order valence-corrected chi connectivity index (χ1v) is 11.1. The molecule has 1 aliphatic rings. The molecule has 0 radical (unpaired) electrons. The number of hydrogen-bond acceptors (Lipinski definition) is 7. The summed E-state index contributed by atoms with van der Waals surface area (Å²) < 4.78 is 0. The quantitative estimate of drug-likeness (QED) is 0.251. The van der Waals surface area contributed by atoms with Crippen LogP contribution in [0.4, 0.5) is 0 Å². The topological polar surface area (TPSA) is 179 Å². The van der Waals surface area contributed by atoms with Crippen LogP contribution in [0.15, 0.2) is 0 Å². The Morgan fingerprint density at radius 2 is 1.83 bits per heavy atom. The van der Waals surface area contributed by atoms with Gasteiger partial charge in [0.2, 0.25) is 17.7 Å². The molecule has 0 aromatic rings. The first-order valence-electron chi connectivity index (χ1n) is 9.68. The van der Waals surface area contributed by atoms with Crippen LogP contribution in [0.1, 0.15) is 39.0 Å². The summed E-state index contributed by atoms with van der Waals surface area (Å²) in [6.07, 6.45) is 2.78. The van der Waals surface area contributed by atoms with E-state index in [4.69, 9.17) is 15.9 Å². The fraction of sp³-hybridized carbons (Fsp3) is 0.722. The lowest BCUT2D eigenvalue weighted by molar-refractivity contribution is -0.144. The highest BCUT2D eigenvalue weighted by atomic mass is 32.2. The Kier molecular flexibility index (Phi) is 10.6. The Balaban J connectivity index is 2.66. The van der Waals surface area contributed by atoms with Crippen molar-refractivity contribution in [2.45, 2.75) is 63.2 Å². The average molecular weight is 447 g/mol. The third-order valence-corrected chi connectivity index (χ3v) is 5.45. The van der Waals surface area contributed by atoms with Crippen LogP contribution in [-0.2, 0) is 24.0 Å². The van der Waals surface area contributed by atoms with Crippen LogP contribution in [-0.4, -0.2) is 87.5 Å². The average Bonchev–Trinajstić information content (AvgIpc) is 3.17. The third-order valence-electron chi connectivity index (χ3n) is 4.80. The molecule has 0 spiro atoms. The minimum Gasteiger partial charge on any atom is -0.481 e. The molecule has 11 nitrogen and oxygen atoms in total. The van der Waals surface area contributed by atoms with E-state index in [0.717, 1.165) is 5.75 Å². The molecule has 1 rings (SSSR count). The molecule has 0 aliphatic carbocycles. The van der Waals surface area contributed by atoms with Crippen molar-refractivity contribution in [3.63, 3.8) is 0 Å². The van der Waals surface area contributed by atoms with E-state index in [9.17, 15) is 24.0 Å². The molecule has 0 aromatic heterocycles. The van der Waals surface area contributed by atoms with Crippen LogP contribution in [0, 0.1) is 0 Å². The molecule has 6 N–H and O–H groups in total. The van der Waals surface area contributed by atoms with Crippen molar-refractivity contribution < 1.29 is 34.2 Å². The van der Waals surface area contributed by atoms with Crippen molar-refractivity contribution in [2.24, 2.45) is 5.73 Å². The minimum absolute atomic E-state index is 0.282. The fourth-order valence-electron chi connectivity index (χ4n) is 3.08. The van der Waals surface area contributed by atoms with Crippen LogP contribution < -0.4 is 16.4 Å². The Labute approximate surface area is 179 Å². The SMILES string of the molecule is CSCCC(N)C(=O)N1CCCC1C(=O)NC(C)C(=O)NC(CCC(=O)O)C(=O)O. The normalized spacial score (nSPS) is 18.9. The molecule has 30 heavy (non-hydrogen) atoms. The van der Waals surface area contributed by atoms with Crippen molar-refractivity contribution in [3.05, 3.63) is 0 Å². The van der Waals surface area contributed by atoms with E-state index in [1.54, 1.807) is 11.8 Å². The molecular formula is C18H30N4O7S. The second-order valence-corrected chi connectivity index (χ2v) is 8.13. The third kappa shape index (κ3) is 7.82. The van der Waals surface area contributed by atoms with Gasteiger partial charge in [-0.05, 0) is 44.6 Å². The van der Waals surface area contributed by atoms with Gasteiger partial charge in [-0.3, -0.25) is 19.2 Å². The monoisotopic (exact) mass is 446 g/mol. The molecule has 170 valence electrons. The van der Waals surface area contributed by atoms with Crippen molar-refractivity contribution >= 4 is 41.4 Å². The van der Waals surface area contributed by atoms with Crippen molar-refractivity contribution in [1.82, 2.24) is 15.5 Å². The number of nitrogens with zero attached hydrogens (tertiary/aromatic N) is 1. The molecule has 0 saturated carbocycles. The summed E-state index contributed by atoms with van der Waals surface area (Å²) in [5, 5.41) is 22.5. The first-order chi connectivity index (χ1) is 14.1. The summed E-state index contributed by atoms with van der Waals surface area (Å²) in [6, 6.07) is -3.88. The van der Waals surface area contributed by atoms with Gasteiger partial charge in [-0.25, -0.2) is 4.79 Å². The van der Waals surface area contributed by atoms with Crippen molar-refractivity contribution in [3.8, 4) is 0 Å². The number of hydrogen-bond donors (Lipinski definition) is 5. The van der Waals surface area contributed by atoms with Crippen molar-refractivity contribution in [2.75, 3.05) is 18.6 Å². The predicted octanol–water partition coefficient (Wildman–Crippen LogP) is -1.00. The summed E-state index contributed by atoms with van der Waals surface area (Å²) in [6.45, 7) is 1.79. The van der Waals surface area contributed by atoms with Gasteiger partial charge < -0.3 is 31.5 Å². The van der Waals surface area contributed by atoms with Gasteiger partial charge in [-0.1, -0.05) is 0 Å². The molecule has 1 saturated heterocycles. The van der Waals surface area contributed by atoms with Crippen LogP contribution in [0.25, 0.3) is 0 Å².